The smallest absolute Gasteiger partial charge is 0.223 e. The monoisotopic (exact) mass is 360 g/mol. The molecule has 2 rings (SSSR count). The van der Waals surface area contributed by atoms with Crippen molar-refractivity contribution in [2.24, 2.45) is 0 Å². The number of aromatic nitrogens is 1. The van der Waals surface area contributed by atoms with Crippen LogP contribution in [0, 0.1) is 0 Å². The van der Waals surface area contributed by atoms with Gasteiger partial charge in [-0.25, -0.2) is 0 Å². The van der Waals surface area contributed by atoms with Crippen molar-refractivity contribution in [3.63, 3.8) is 0 Å². The van der Waals surface area contributed by atoms with Crippen LogP contribution in [0.1, 0.15) is 24.1 Å². The Morgan fingerprint density at radius 2 is 2.20 bits per heavy atom. The van der Waals surface area contributed by atoms with E-state index in [2.05, 4.69) is 17.2 Å². The van der Waals surface area contributed by atoms with Crippen LogP contribution in [0.25, 0.3) is 0 Å². The lowest BCUT2D eigenvalue weighted by atomic mass is 10.2. The SMILES string of the molecule is C=CCN(Cc1cccn1Cc1cccc(OC)c1)C(=O)CCCCl. The first-order valence-corrected chi connectivity index (χ1v) is 8.93. The van der Waals surface area contributed by atoms with Crippen molar-refractivity contribution in [3.05, 3.63) is 66.5 Å². The van der Waals surface area contributed by atoms with E-state index in [-0.39, 0.29) is 5.91 Å². The summed E-state index contributed by atoms with van der Waals surface area (Å²) in [5.74, 6) is 1.45. The van der Waals surface area contributed by atoms with E-state index in [0.29, 0.717) is 31.8 Å². The van der Waals surface area contributed by atoms with Crippen LogP contribution in [0.4, 0.5) is 0 Å². The zero-order valence-electron chi connectivity index (χ0n) is 14.7. The van der Waals surface area contributed by atoms with E-state index in [4.69, 9.17) is 16.3 Å². The number of carbonyl (C=O) groups excluding carboxylic acids is 1. The molecule has 4 nitrogen and oxygen atoms in total. The summed E-state index contributed by atoms with van der Waals surface area (Å²) < 4.78 is 7.44. The summed E-state index contributed by atoms with van der Waals surface area (Å²) in [5.41, 5.74) is 2.24. The largest absolute Gasteiger partial charge is 0.497 e. The Balaban J connectivity index is 2.10. The number of nitrogens with zero attached hydrogens (tertiary/aromatic N) is 2. The molecule has 0 radical (unpaired) electrons. The second-order valence-electron chi connectivity index (χ2n) is 5.83. The third-order valence-electron chi connectivity index (χ3n) is 3.99. The fourth-order valence-electron chi connectivity index (χ4n) is 2.70. The second-order valence-corrected chi connectivity index (χ2v) is 6.21. The van der Waals surface area contributed by atoms with Crippen LogP contribution in [-0.2, 0) is 17.9 Å². The maximum Gasteiger partial charge on any atom is 0.223 e. The van der Waals surface area contributed by atoms with E-state index in [1.807, 2.05) is 41.4 Å². The minimum Gasteiger partial charge on any atom is -0.497 e. The lowest BCUT2D eigenvalue weighted by Crippen LogP contribution is -2.31. The van der Waals surface area contributed by atoms with Crippen molar-refractivity contribution in [2.45, 2.75) is 25.9 Å². The summed E-state index contributed by atoms with van der Waals surface area (Å²) >= 11 is 5.71. The molecule has 5 heteroatoms. The van der Waals surface area contributed by atoms with Crippen molar-refractivity contribution in [2.75, 3.05) is 19.5 Å². The molecule has 1 heterocycles. The number of rotatable bonds is 10. The first-order valence-electron chi connectivity index (χ1n) is 8.39. The molecule has 134 valence electrons. The number of halogens is 1. The standard InChI is InChI=1S/C20H25ClN2O2/c1-3-12-23(20(24)10-5-11-21)16-18-8-6-13-22(18)15-17-7-4-9-19(14-17)25-2/h3-4,6-9,13-14H,1,5,10-12,15-16H2,2H3. The van der Waals surface area contributed by atoms with Gasteiger partial charge < -0.3 is 14.2 Å². The number of alkyl halides is 1. The molecule has 0 bridgehead atoms. The summed E-state index contributed by atoms with van der Waals surface area (Å²) in [6.07, 6.45) is 4.95. The maximum absolute atomic E-state index is 12.4. The molecule has 0 N–H and O–H groups in total. The van der Waals surface area contributed by atoms with Crippen LogP contribution in [0.2, 0.25) is 0 Å². The summed E-state index contributed by atoms with van der Waals surface area (Å²) in [7, 11) is 1.67. The third-order valence-corrected chi connectivity index (χ3v) is 4.26. The fraction of sp³-hybridized carbons (Fsp3) is 0.350. The molecule has 0 aliphatic rings. The van der Waals surface area contributed by atoms with Crippen molar-refractivity contribution >= 4 is 17.5 Å². The first kappa shape index (κ1) is 19.1. The molecule has 0 spiro atoms. The highest BCUT2D eigenvalue weighted by atomic mass is 35.5. The molecule has 0 fully saturated rings. The molecule has 0 atom stereocenters. The predicted octanol–water partition coefficient (Wildman–Crippen LogP) is 4.08. The van der Waals surface area contributed by atoms with Crippen LogP contribution in [0.3, 0.4) is 0 Å². The van der Waals surface area contributed by atoms with E-state index in [9.17, 15) is 4.79 Å². The van der Waals surface area contributed by atoms with Crippen LogP contribution in [-0.4, -0.2) is 34.9 Å². The average Bonchev–Trinajstić information content (AvgIpc) is 3.06. The lowest BCUT2D eigenvalue weighted by Gasteiger charge is -2.22. The molecular weight excluding hydrogens is 336 g/mol. The Labute approximate surface area is 154 Å². The number of hydrogen-bond acceptors (Lipinski definition) is 2. The number of carbonyl (C=O) groups is 1. The van der Waals surface area contributed by atoms with E-state index in [1.54, 1.807) is 13.2 Å². The number of benzene rings is 1. The van der Waals surface area contributed by atoms with Gasteiger partial charge in [-0.15, -0.1) is 18.2 Å². The van der Waals surface area contributed by atoms with Gasteiger partial charge in [0.15, 0.2) is 0 Å². The van der Waals surface area contributed by atoms with Gasteiger partial charge in [0.1, 0.15) is 5.75 Å². The molecule has 1 aromatic heterocycles. The molecule has 0 saturated heterocycles. The van der Waals surface area contributed by atoms with Gasteiger partial charge in [-0.1, -0.05) is 18.2 Å². The molecule has 0 aliphatic carbocycles. The number of ether oxygens (including phenoxy) is 1. The van der Waals surface area contributed by atoms with Gasteiger partial charge in [-0.05, 0) is 36.2 Å². The molecule has 0 aliphatic heterocycles. The lowest BCUT2D eigenvalue weighted by molar-refractivity contribution is -0.131. The molecule has 0 unspecified atom stereocenters. The third kappa shape index (κ3) is 5.68. The van der Waals surface area contributed by atoms with Crippen LogP contribution < -0.4 is 4.74 Å². The second kappa shape index (κ2) is 9.94. The summed E-state index contributed by atoms with van der Waals surface area (Å²) in [6, 6.07) is 12.1. The average molecular weight is 361 g/mol. The van der Waals surface area contributed by atoms with Crippen LogP contribution >= 0.6 is 11.6 Å². The van der Waals surface area contributed by atoms with Crippen LogP contribution in [0.5, 0.6) is 5.75 Å². The summed E-state index contributed by atoms with van der Waals surface area (Å²) in [6.45, 7) is 5.59. The highest BCUT2D eigenvalue weighted by molar-refractivity contribution is 6.17. The van der Waals surface area contributed by atoms with Crippen molar-refractivity contribution in [1.29, 1.82) is 0 Å². The van der Waals surface area contributed by atoms with E-state index >= 15 is 0 Å². The summed E-state index contributed by atoms with van der Waals surface area (Å²) in [5, 5.41) is 0. The number of hydrogen-bond donors (Lipinski definition) is 0. The minimum atomic E-state index is 0.106. The van der Waals surface area contributed by atoms with E-state index in [0.717, 1.165) is 23.6 Å². The number of methoxy groups -OCH3 is 1. The topological polar surface area (TPSA) is 34.5 Å². The van der Waals surface area contributed by atoms with Crippen molar-refractivity contribution in [1.82, 2.24) is 9.47 Å². The zero-order chi connectivity index (χ0) is 18.1. The van der Waals surface area contributed by atoms with Gasteiger partial charge in [0, 0.05) is 37.3 Å². The maximum atomic E-state index is 12.4. The van der Waals surface area contributed by atoms with Gasteiger partial charge in [-0.3, -0.25) is 4.79 Å². The Morgan fingerprint density at radius 1 is 1.36 bits per heavy atom. The molecular formula is C20H25ClN2O2. The Bertz CT molecular complexity index is 697. The minimum absolute atomic E-state index is 0.106. The van der Waals surface area contributed by atoms with Gasteiger partial charge in [-0.2, -0.15) is 0 Å². The first-order chi connectivity index (χ1) is 12.2. The molecule has 25 heavy (non-hydrogen) atoms. The van der Waals surface area contributed by atoms with Crippen molar-refractivity contribution in [3.8, 4) is 5.75 Å². The summed E-state index contributed by atoms with van der Waals surface area (Å²) in [4.78, 5) is 14.2. The fourth-order valence-corrected chi connectivity index (χ4v) is 2.83. The normalized spacial score (nSPS) is 10.5. The molecule has 2 aromatic rings. The predicted molar refractivity (Wildman–Crippen MR) is 102 cm³/mol. The molecule has 1 amide bonds. The zero-order valence-corrected chi connectivity index (χ0v) is 15.4. The highest BCUT2D eigenvalue weighted by Gasteiger charge is 2.14. The van der Waals surface area contributed by atoms with Gasteiger partial charge >= 0.3 is 0 Å². The quantitative estimate of drug-likeness (QED) is 0.472. The van der Waals surface area contributed by atoms with Gasteiger partial charge in [0.25, 0.3) is 0 Å². The van der Waals surface area contributed by atoms with Crippen LogP contribution in [0.15, 0.2) is 55.3 Å². The van der Waals surface area contributed by atoms with E-state index < -0.39 is 0 Å². The molecule has 0 saturated carbocycles. The Morgan fingerprint density at radius 3 is 2.92 bits per heavy atom. The molecule has 1 aromatic carbocycles. The Kier molecular flexibility index (Phi) is 7.61. The van der Waals surface area contributed by atoms with Gasteiger partial charge in [0.2, 0.25) is 5.91 Å². The van der Waals surface area contributed by atoms with E-state index in [1.165, 1.54) is 0 Å². The highest BCUT2D eigenvalue weighted by Crippen LogP contribution is 2.16. The van der Waals surface area contributed by atoms with Crippen molar-refractivity contribution < 1.29 is 9.53 Å². The Hall–Kier alpha value is -2.20. The van der Waals surface area contributed by atoms with Gasteiger partial charge in [0.05, 0.1) is 13.7 Å². The number of amides is 1.